The second-order valence-electron chi connectivity index (χ2n) is 4.36. The quantitative estimate of drug-likeness (QED) is 0.779. The van der Waals surface area contributed by atoms with Crippen LogP contribution in [0.2, 0.25) is 0 Å². The summed E-state index contributed by atoms with van der Waals surface area (Å²) < 4.78 is 5.44. The van der Waals surface area contributed by atoms with Crippen LogP contribution < -0.4 is 11.2 Å². The fourth-order valence-electron chi connectivity index (χ4n) is 2.35. The molecule has 92 valence electrons. The molecule has 0 saturated carbocycles. The Balaban J connectivity index is 2.47. The van der Waals surface area contributed by atoms with Gasteiger partial charge in [0.05, 0.1) is 11.8 Å². The minimum Gasteiger partial charge on any atom is -0.447 e. The zero-order valence-electron chi connectivity index (χ0n) is 10.3. The molecule has 3 N–H and O–H groups in total. The second-order valence-corrected chi connectivity index (χ2v) is 4.36. The number of hydrogen-bond acceptors (Lipinski definition) is 4. The van der Waals surface area contributed by atoms with Crippen LogP contribution in [0.1, 0.15) is 25.0 Å². The van der Waals surface area contributed by atoms with Crippen LogP contribution in [-0.2, 0) is 10.3 Å². The van der Waals surface area contributed by atoms with E-state index in [-0.39, 0.29) is 0 Å². The molecule has 0 saturated heterocycles. The highest BCUT2D eigenvalue weighted by Gasteiger charge is 2.42. The first kappa shape index (κ1) is 11.7. The molecule has 1 unspecified atom stereocenters. The number of nitrogens with zero attached hydrogens (tertiary/aromatic N) is 1. The molecule has 2 rings (SSSR count). The van der Waals surface area contributed by atoms with Crippen LogP contribution in [0.3, 0.4) is 0 Å². The number of fused-ring (bicyclic) bond motifs is 1. The molecule has 0 spiro atoms. The van der Waals surface area contributed by atoms with Crippen LogP contribution in [0, 0.1) is 6.92 Å². The highest BCUT2D eigenvalue weighted by molar-refractivity contribution is 5.86. The van der Waals surface area contributed by atoms with Gasteiger partial charge in [0.2, 0.25) is 11.8 Å². The summed E-state index contributed by atoms with van der Waals surface area (Å²) in [6.07, 6.45) is 4.91. The molecule has 1 aliphatic heterocycles. The number of primary amides is 1. The molecule has 5 heteroatoms. The van der Waals surface area contributed by atoms with Crippen molar-refractivity contribution in [1.82, 2.24) is 5.01 Å². The highest BCUT2D eigenvalue weighted by Crippen LogP contribution is 2.43. The topological polar surface area (TPSA) is 71.5 Å². The number of nitrogens with two attached hydrogens (primary N) is 1. The van der Waals surface area contributed by atoms with Gasteiger partial charge in [-0.1, -0.05) is 13.0 Å². The van der Waals surface area contributed by atoms with Crippen molar-refractivity contribution in [3.63, 3.8) is 0 Å². The fraction of sp³-hybridized carbons (Fsp3) is 0.417. The van der Waals surface area contributed by atoms with Gasteiger partial charge in [-0.25, -0.2) is 5.01 Å². The van der Waals surface area contributed by atoms with Crippen molar-refractivity contribution in [3.8, 4) is 0 Å². The number of anilines is 1. The molecule has 0 aromatic carbocycles. The number of furan rings is 1. The summed E-state index contributed by atoms with van der Waals surface area (Å²) in [6.45, 7) is 6.82. The lowest BCUT2D eigenvalue weighted by Crippen LogP contribution is -2.40. The number of carbonyl (C=O) groups excluding carboxylic acids is 1. The number of aryl methyl sites for hydroxylation is 1. The van der Waals surface area contributed by atoms with E-state index in [4.69, 9.17) is 10.2 Å². The Morgan fingerprint density at radius 1 is 1.71 bits per heavy atom. The average molecular weight is 235 g/mol. The molecule has 0 bridgehead atoms. The first-order valence-corrected chi connectivity index (χ1v) is 5.60. The maximum atomic E-state index is 10.9. The second kappa shape index (κ2) is 3.92. The number of rotatable bonds is 3. The van der Waals surface area contributed by atoms with Crippen molar-refractivity contribution in [2.75, 3.05) is 12.0 Å². The van der Waals surface area contributed by atoms with Gasteiger partial charge in [0.1, 0.15) is 0 Å². The van der Waals surface area contributed by atoms with Crippen molar-refractivity contribution < 1.29 is 9.21 Å². The molecule has 0 fully saturated rings. The van der Waals surface area contributed by atoms with Gasteiger partial charge in [0, 0.05) is 18.2 Å². The van der Waals surface area contributed by atoms with Crippen LogP contribution in [0.4, 0.5) is 5.88 Å². The summed E-state index contributed by atoms with van der Waals surface area (Å²) in [5.41, 5.74) is 10.0. The van der Waals surface area contributed by atoms with Gasteiger partial charge in [-0.2, -0.15) is 0 Å². The molecule has 2 heterocycles. The van der Waals surface area contributed by atoms with E-state index in [9.17, 15) is 4.79 Å². The summed E-state index contributed by atoms with van der Waals surface area (Å²) in [4.78, 5) is 10.9. The Hall–Kier alpha value is -1.75. The molecule has 0 radical (unpaired) electrons. The Morgan fingerprint density at radius 3 is 3.00 bits per heavy atom. The summed E-state index contributed by atoms with van der Waals surface area (Å²) in [7, 11) is 0. The number of nitrogens with one attached hydrogen (secondary N) is 1. The Morgan fingerprint density at radius 2 is 2.41 bits per heavy atom. The number of amides is 1. The zero-order chi connectivity index (χ0) is 12.6. The van der Waals surface area contributed by atoms with E-state index in [0.717, 1.165) is 23.6 Å². The largest absolute Gasteiger partial charge is 0.447 e. The van der Waals surface area contributed by atoms with Crippen LogP contribution >= 0.6 is 0 Å². The first-order chi connectivity index (χ1) is 7.99. The van der Waals surface area contributed by atoms with Crippen molar-refractivity contribution in [3.05, 3.63) is 29.5 Å². The van der Waals surface area contributed by atoms with Gasteiger partial charge in [0.15, 0.2) is 0 Å². The SMILES string of the molecule is CCN1Nc2occ(C)c2C1(C)C=CC(N)=O. The predicted molar refractivity (Wildman–Crippen MR) is 65.1 cm³/mol. The summed E-state index contributed by atoms with van der Waals surface area (Å²) >= 11 is 0. The third kappa shape index (κ3) is 1.72. The van der Waals surface area contributed by atoms with E-state index in [2.05, 4.69) is 5.43 Å². The van der Waals surface area contributed by atoms with Crippen molar-refractivity contribution in [2.24, 2.45) is 5.73 Å². The van der Waals surface area contributed by atoms with Gasteiger partial charge in [-0.15, -0.1) is 0 Å². The van der Waals surface area contributed by atoms with Gasteiger partial charge in [0.25, 0.3) is 0 Å². The molecule has 1 atom stereocenters. The summed E-state index contributed by atoms with van der Waals surface area (Å²) in [5, 5.41) is 2.01. The minimum absolute atomic E-state index is 0.407. The molecular weight excluding hydrogens is 218 g/mol. The van der Waals surface area contributed by atoms with E-state index in [1.807, 2.05) is 25.8 Å². The number of likely N-dealkylation sites (N-methyl/N-ethyl adjacent to an activating group) is 1. The van der Waals surface area contributed by atoms with Crippen LogP contribution in [-0.4, -0.2) is 17.5 Å². The molecule has 1 aromatic heterocycles. The Labute approximate surface area is 100 Å². The lowest BCUT2D eigenvalue weighted by atomic mass is 9.91. The van der Waals surface area contributed by atoms with Gasteiger partial charge in [-0.05, 0) is 19.4 Å². The fourth-order valence-corrected chi connectivity index (χ4v) is 2.35. The van der Waals surface area contributed by atoms with E-state index >= 15 is 0 Å². The Bertz CT molecular complexity index is 478. The van der Waals surface area contributed by atoms with Gasteiger partial charge in [-0.3, -0.25) is 10.2 Å². The van der Waals surface area contributed by atoms with Crippen molar-refractivity contribution in [1.29, 1.82) is 0 Å². The summed E-state index contributed by atoms with van der Waals surface area (Å²) in [5.74, 6) is 0.290. The lowest BCUT2D eigenvalue weighted by molar-refractivity contribution is -0.113. The van der Waals surface area contributed by atoms with Crippen molar-refractivity contribution >= 4 is 11.8 Å². The van der Waals surface area contributed by atoms with E-state index in [1.165, 1.54) is 6.08 Å². The Kier molecular flexibility index (Phi) is 2.71. The van der Waals surface area contributed by atoms with Crippen LogP contribution in [0.15, 0.2) is 22.8 Å². The van der Waals surface area contributed by atoms with Gasteiger partial charge < -0.3 is 10.2 Å². The predicted octanol–water partition coefficient (Wildman–Crippen LogP) is 1.51. The third-order valence-corrected chi connectivity index (χ3v) is 3.17. The van der Waals surface area contributed by atoms with E-state index in [0.29, 0.717) is 0 Å². The maximum Gasteiger partial charge on any atom is 0.241 e. The first-order valence-electron chi connectivity index (χ1n) is 5.60. The zero-order valence-corrected chi connectivity index (χ0v) is 10.3. The monoisotopic (exact) mass is 235 g/mol. The molecule has 1 aromatic rings. The smallest absolute Gasteiger partial charge is 0.241 e. The van der Waals surface area contributed by atoms with Crippen LogP contribution in [0.25, 0.3) is 0 Å². The molecule has 1 aliphatic rings. The molecule has 17 heavy (non-hydrogen) atoms. The van der Waals surface area contributed by atoms with Gasteiger partial charge >= 0.3 is 0 Å². The number of hydrazine groups is 1. The standard InChI is InChI=1S/C12H17N3O2/c1-4-15-12(3,6-5-9(13)16)10-8(2)7-17-11(10)14-15/h5-7,14H,4H2,1-3H3,(H2,13,16). The molecule has 0 aliphatic carbocycles. The number of carbonyl (C=O) groups is 1. The van der Waals surface area contributed by atoms with Crippen molar-refractivity contribution in [2.45, 2.75) is 26.3 Å². The maximum absolute atomic E-state index is 10.9. The third-order valence-electron chi connectivity index (χ3n) is 3.17. The number of hydrogen-bond donors (Lipinski definition) is 2. The van der Waals surface area contributed by atoms with E-state index in [1.54, 1.807) is 12.3 Å². The minimum atomic E-state index is -0.447. The van der Waals surface area contributed by atoms with Crippen LogP contribution in [0.5, 0.6) is 0 Å². The molecular formula is C12H17N3O2. The lowest BCUT2D eigenvalue weighted by Gasteiger charge is -2.31. The van der Waals surface area contributed by atoms with E-state index < -0.39 is 11.4 Å². The highest BCUT2D eigenvalue weighted by atomic mass is 16.3. The normalized spacial score (nSPS) is 23.9. The summed E-state index contributed by atoms with van der Waals surface area (Å²) in [6, 6.07) is 0. The molecule has 5 nitrogen and oxygen atoms in total. The molecule has 1 amide bonds. The average Bonchev–Trinajstić information content (AvgIpc) is 2.77.